The molecule has 65 heavy (non-hydrogen) atoms. The van der Waals surface area contributed by atoms with E-state index in [0.717, 1.165) is 45.3 Å². The molecule has 1 aliphatic heterocycles. The average molecular weight is 1050 g/mol. The van der Waals surface area contributed by atoms with Gasteiger partial charge >= 0.3 is 6.18 Å². The van der Waals surface area contributed by atoms with Crippen molar-refractivity contribution in [1.82, 2.24) is 9.55 Å². The van der Waals surface area contributed by atoms with Crippen molar-refractivity contribution < 1.29 is 39.0 Å². The minimum absolute atomic E-state index is 0. The van der Waals surface area contributed by atoms with Crippen LogP contribution in [0.25, 0.3) is 38.8 Å². The third-order valence-corrected chi connectivity index (χ3v) is 12.2. The van der Waals surface area contributed by atoms with E-state index in [4.69, 9.17) is 9.72 Å². The number of rotatable bonds is 9. The summed E-state index contributed by atoms with van der Waals surface area (Å²) >= 11 is 0. The number of nitrogens with zero attached hydrogens (tertiary/aromatic N) is 4. The van der Waals surface area contributed by atoms with Gasteiger partial charge in [-0.15, -0.1) is 48.1 Å². The summed E-state index contributed by atoms with van der Waals surface area (Å²) in [5.74, 6) is 2.15. The van der Waals surface area contributed by atoms with Crippen molar-refractivity contribution in [2.75, 3.05) is 9.80 Å². The Bertz CT molecular complexity index is 3020. The first-order chi connectivity index (χ1) is 30.5. The topological polar surface area (TPSA) is 33.5 Å². The molecule has 0 unspecified atom stereocenters. The molecule has 0 aliphatic carbocycles. The maximum atomic E-state index is 14.4. The van der Waals surface area contributed by atoms with Crippen molar-refractivity contribution in [1.29, 1.82) is 0 Å². The molecule has 9 heteroatoms. The number of anilines is 4. The Morgan fingerprint density at radius 2 is 1.29 bits per heavy atom. The Balaban J connectivity index is 0.00000576. The Labute approximate surface area is 395 Å². The molecular formula is C56H52F3N4OPt-3. The van der Waals surface area contributed by atoms with E-state index in [9.17, 15) is 13.2 Å². The summed E-state index contributed by atoms with van der Waals surface area (Å²) in [7, 11) is 0. The molecule has 0 fully saturated rings. The van der Waals surface area contributed by atoms with E-state index >= 15 is 0 Å². The van der Waals surface area contributed by atoms with Gasteiger partial charge in [-0.2, -0.15) is 25.3 Å². The third kappa shape index (κ3) is 8.70. The van der Waals surface area contributed by atoms with Crippen LogP contribution in [0.1, 0.15) is 108 Å². The summed E-state index contributed by atoms with van der Waals surface area (Å²) in [6.45, 7) is 21.9. The molecule has 0 N–H and O–H groups in total. The fourth-order valence-corrected chi connectivity index (χ4v) is 8.77. The van der Waals surface area contributed by atoms with Gasteiger partial charge < -0.3 is 19.1 Å². The Hall–Kier alpha value is -5.85. The van der Waals surface area contributed by atoms with Gasteiger partial charge in [-0.05, 0) is 104 Å². The molecule has 0 radical (unpaired) electrons. The number of hydrogen-bond acceptors (Lipinski definition) is 4. The molecule has 3 heterocycles. The fourth-order valence-electron chi connectivity index (χ4n) is 8.77. The van der Waals surface area contributed by atoms with Crippen LogP contribution in [0, 0.1) is 18.8 Å². The number of fused-ring (bicyclic) bond motifs is 4. The molecule has 5 nitrogen and oxygen atoms in total. The van der Waals surface area contributed by atoms with E-state index in [2.05, 4.69) is 139 Å². The Morgan fingerprint density at radius 1 is 0.631 bits per heavy atom. The standard InChI is InChI=1S/C56H52F3N4O.Pt/c1-34(2)38-26-47(35(3)4)54(48(27-38)36(5)6)37-24-25-60-53(28-37)63-51-30-40(56(57,58)59)20-22-45(51)46-23-21-44(32-52(46)63)64-43-17-13-16-42(31-43)62-33-61(49-18-10-11-19-50(49)62)41-15-12-14-39(29-41)55(7,8)9;/h10-30,33-36H,1-9H3;/q-3;. The fraction of sp³-hybridized carbons (Fsp3) is 0.250. The van der Waals surface area contributed by atoms with Gasteiger partial charge in [0.15, 0.2) is 0 Å². The average Bonchev–Trinajstić information content (AvgIpc) is 3.81. The molecule has 0 saturated heterocycles. The van der Waals surface area contributed by atoms with E-state index in [-0.39, 0.29) is 38.3 Å². The number of halogens is 3. The summed E-state index contributed by atoms with van der Waals surface area (Å²) in [5, 5.41) is 1.38. The molecular weight excluding hydrogens is 997 g/mol. The van der Waals surface area contributed by atoms with Crippen molar-refractivity contribution in [3.63, 3.8) is 0 Å². The monoisotopic (exact) mass is 1050 g/mol. The minimum atomic E-state index is -4.54. The van der Waals surface area contributed by atoms with Crippen molar-refractivity contribution in [2.45, 2.75) is 91.7 Å². The van der Waals surface area contributed by atoms with Gasteiger partial charge in [0.1, 0.15) is 5.82 Å². The number of ether oxygens (including phenoxy) is 1. The summed E-state index contributed by atoms with van der Waals surface area (Å²) in [5.41, 5.74) is 11.1. The quantitative estimate of drug-likeness (QED) is 0.135. The third-order valence-electron chi connectivity index (χ3n) is 12.2. The molecule has 0 spiro atoms. The first-order valence-electron chi connectivity index (χ1n) is 22.0. The van der Waals surface area contributed by atoms with Crippen LogP contribution in [-0.2, 0) is 32.7 Å². The zero-order valence-corrected chi connectivity index (χ0v) is 40.4. The van der Waals surface area contributed by atoms with E-state index in [1.807, 2.05) is 48.5 Å². The van der Waals surface area contributed by atoms with Crippen LogP contribution in [0.15, 0.2) is 128 Å². The van der Waals surface area contributed by atoms with Crippen LogP contribution < -0.4 is 14.5 Å². The molecule has 0 bridgehead atoms. The SMILES string of the molecule is CC(C)c1cc(C(C)C)c(-c2ccnc(-n3c4[c-]c(Oc5[c-]c(N6[CH-]N(c7cccc(C(C)(C)C)c7)c7ccccc76)ccc5)ccc4c4ccc(C(F)(F)F)cc43)c2)c(C(C)C)c1.[Pt]. The molecule has 2 aromatic heterocycles. The number of aromatic nitrogens is 2. The van der Waals surface area contributed by atoms with Crippen molar-refractivity contribution in [3.8, 4) is 28.4 Å². The molecule has 0 saturated carbocycles. The molecule has 8 aromatic rings. The predicted octanol–water partition coefficient (Wildman–Crippen LogP) is 16.3. The van der Waals surface area contributed by atoms with Gasteiger partial charge in [0, 0.05) is 61.3 Å². The number of hydrogen-bond donors (Lipinski definition) is 0. The minimum Gasteiger partial charge on any atom is -0.509 e. The molecule has 6 aromatic carbocycles. The number of alkyl halides is 3. The predicted molar refractivity (Wildman–Crippen MR) is 256 cm³/mol. The normalized spacial score (nSPS) is 13.1. The zero-order chi connectivity index (χ0) is 45.2. The van der Waals surface area contributed by atoms with Crippen molar-refractivity contribution in [3.05, 3.63) is 174 Å². The van der Waals surface area contributed by atoms with Crippen molar-refractivity contribution in [2.24, 2.45) is 0 Å². The van der Waals surface area contributed by atoms with Crippen LogP contribution in [0.5, 0.6) is 11.5 Å². The van der Waals surface area contributed by atoms with Gasteiger partial charge in [0.25, 0.3) is 0 Å². The first kappa shape index (κ1) is 45.7. The number of pyridine rings is 1. The number of para-hydroxylation sites is 2. The van der Waals surface area contributed by atoms with Crippen LogP contribution >= 0.6 is 0 Å². The van der Waals surface area contributed by atoms with Gasteiger partial charge in [-0.25, -0.2) is 4.98 Å². The second-order valence-corrected chi connectivity index (χ2v) is 18.7. The molecule has 1 aliphatic rings. The molecule has 0 atom stereocenters. The largest absolute Gasteiger partial charge is 0.509 e. The summed E-state index contributed by atoms with van der Waals surface area (Å²) < 4.78 is 51.4. The first-order valence-corrected chi connectivity index (χ1v) is 22.0. The van der Waals surface area contributed by atoms with E-state index in [0.29, 0.717) is 39.7 Å². The van der Waals surface area contributed by atoms with Gasteiger partial charge in [0.2, 0.25) is 0 Å². The van der Waals surface area contributed by atoms with Crippen LogP contribution in [0.2, 0.25) is 0 Å². The van der Waals surface area contributed by atoms with E-state index < -0.39 is 11.7 Å². The maximum Gasteiger partial charge on any atom is 0.416 e. The Kier molecular flexibility index (Phi) is 12.3. The maximum absolute atomic E-state index is 14.4. The second-order valence-electron chi connectivity index (χ2n) is 18.7. The van der Waals surface area contributed by atoms with Crippen LogP contribution in [0.3, 0.4) is 0 Å². The van der Waals surface area contributed by atoms with Crippen LogP contribution in [0.4, 0.5) is 35.9 Å². The molecule has 9 rings (SSSR count). The van der Waals surface area contributed by atoms with Gasteiger partial charge in [0.05, 0.1) is 5.56 Å². The van der Waals surface area contributed by atoms with E-state index in [1.165, 1.54) is 34.4 Å². The summed E-state index contributed by atoms with van der Waals surface area (Å²) in [6, 6.07) is 45.7. The smallest absolute Gasteiger partial charge is 0.416 e. The molecule has 0 amide bonds. The van der Waals surface area contributed by atoms with Gasteiger partial charge in [-0.3, -0.25) is 0 Å². The zero-order valence-electron chi connectivity index (χ0n) is 38.1. The number of benzene rings is 6. The second kappa shape index (κ2) is 17.5. The van der Waals surface area contributed by atoms with Gasteiger partial charge in [-0.1, -0.05) is 116 Å². The molecule has 336 valence electrons. The summed E-state index contributed by atoms with van der Waals surface area (Å²) in [4.78, 5) is 9.11. The van der Waals surface area contributed by atoms with Crippen molar-refractivity contribution >= 4 is 44.6 Å². The Morgan fingerprint density at radius 3 is 1.95 bits per heavy atom. The summed E-state index contributed by atoms with van der Waals surface area (Å²) in [6.07, 6.45) is -2.79. The van der Waals surface area contributed by atoms with E-state index in [1.54, 1.807) is 16.8 Å². The van der Waals surface area contributed by atoms with Crippen LogP contribution in [-0.4, -0.2) is 9.55 Å².